The molecule has 2 fully saturated rings. The van der Waals surface area contributed by atoms with Gasteiger partial charge in [-0.1, -0.05) is 6.07 Å². The first-order valence-electron chi connectivity index (χ1n) is 7.92. The minimum Gasteiger partial charge on any atom is -0.481 e. The molecule has 0 bridgehead atoms. The molecule has 0 aliphatic carbocycles. The molecule has 10 heteroatoms. The number of aliphatic carboxylic acids is 1. The van der Waals surface area contributed by atoms with Crippen LogP contribution in [0.3, 0.4) is 0 Å². The Bertz CT molecular complexity index is 753. The van der Waals surface area contributed by atoms with Gasteiger partial charge in [0.05, 0.1) is 11.8 Å². The van der Waals surface area contributed by atoms with Crippen LogP contribution < -0.4 is 10.2 Å². The Labute approximate surface area is 146 Å². The van der Waals surface area contributed by atoms with Gasteiger partial charge in [0, 0.05) is 37.4 Å². The quantitative estimate of drug-likeness (QED) is 0.797. The molecular weight excluding hydrogens is 355 g/mol. The highest BCUT2D eigenvalue weighted by Gasteiger charge is 2.53. The maximum absolute atomic E-state index is 13.0. The van der Waals surface area contributed by atoms with Crippen molar-refractivity contribution in [3.05, 3.63) is 24.3 Å². The largest absolute Gasteiger partial charge is 0.481 e. The Hall–Kier alpha value is -2.78. The highest BCUT2D eigenvalue weighted by Crippen LogP contribution is 2.38. The van der Waals surface area contributed by atoms with E-state index in [0.29, 0.717) is 24.3 Å². The van der Waals surface area contributed by atoms with Crippen LogP contribution in [0.2, 0.25) is 0 Å². The van der Waals surface area contributed by atoms with E-state index >= 15 is 0 Å². The van der Waals surface area contributed by atoms with Gasteiger partial charge in [0.25, 0.3) is 0 Å². The van der Waals surface area contributed by atoms with Gasteiger partial charge in [-0.25, -0.2) is 4.79 Å². The van der Waals surface area contributed by atoms with E-state index in [1.54, 1.807) is 18.2 Å². The van der Waals surface area contributed by atoms with Gasteiger partial charge in [-0.05, 0) is 18.2 Å². The lowest BCUT2D eigenvalue weighted by Crippen LogP contribution is -2.43. The molecule has 2 aliphatic heterocycles. The summed E-state index contributed by atoms with van der Waals surface area (Å²) in [7, 11) is 0. The zero-order chi connectivity index (χ0) is 19.1. The summed E-state index contributed by atoms with van der Waals surface area (Å²) in [5.74, 6) is -5.42. The smallest absolute Gasteiger partial charge is 0.394 e. The fourth-order valence-electron chi connectivity index (χ4n) is 3.09. The number of carbonyl (C=O) groups excluding carboxylic acids is 2. The van der Waals surface area contributed by atoms with Crippen molar-refractivity contribution in [2.75, 3.05) is 29.9 Å². The third kappa shape index (κ3) is 3.44. The summed E-state index contributed by atoms with van der Waals surface area (Å²) in [5, 5.41) is 11.5. The van der Waals surface area contributed by atoms with Gasteiger partial charge in [-0.3, -0.25) is 9.59 Å². The van der Waals surface area contributed by atoms with Gasteiger partial charge in [-0.2, -0.15) is 13.2 Å². The van der Waals surface area contributed by atoms with Crippen LogP contribution in [0.1, 0.15) is 6.42 Å². The molecular formula is C16H16F3N3O4. The van der Waals surface area contributed by atoms with Crippen LogP contribution in [-0.2, 0) is 9.59 Å². The van der Waals surface area contributed by atoms with Gasteiger partial charge >= 0.3 is 18.2 Å². The Morgan fingerprint density at radius 1 is 1.23 bits per heavy atom. The summed E-state index contributed by atoms with van der Waals surface area (Å²) in [6.07, 6.45) is -4.25. The molecule has 26 heavy (non-hydrogen) atoms. The lowest BCUT2D eigenvalue weighted by atomic mass is 9.96. The predicted molar refractivity (Wildman–Crippen MR) is 84.7 cm³/mol. The second-order valence-corrected chi connectivity index (χ2v) is 6.27. The lowest BCUT2D eigenvalue weighted by Gasteiger charge is -2.31. The monoisotopic (exact) mass is 371 g/mol. The number of nitrogens with zero attached hydrogens (tertiary/aromatic N) is 2. The molecule has 1 aromatic rings. The zero-order valence-electron chi connectivity index (χ0n) is 13.5. The minimum absolute atomic E-state index is 0.0506. The summed E-state index contributed by atoms with van der Waals surface area (Å²) in [5.41, 5.74) is 0.895. The first kappa shape index (κ1) is 18.0. The molecule has 0 radical (unpaired) electrons. The average Bonchev–Trinajstić information content (AvgIpc) is 3.00. The summed E-state index contributed by atoms with van der Waals surface area (Å²) in [6, 6.07) is 5.57. The molecule has 140 valence electrons. The molecule has 2 saturated heterocycles. The Balaban J connectivity index is 1.69. The number of amides is 3. The second kappa shape index (κ2) is 6.50. The van der Waals surface area contributed by atoms with Crippen molar-refractivity contribution in [1.82, 2.24) is 4.90 Å². The number of alkyl halides is 3. The van der Waals surface area contributed by atoms with Crippen LogP contribution in [0.4, 0.5) is 29.3 Å². The molecule has 0 aromatic heterocycles. The number of anilines is 2. The fraction of sp³-hybridized carbons (Fsp3) is 0.438. The molecule has 2 heterocycles. The van der Waals surface area contributed by atoms with Crippen LogP contribution in [-0.4, -0.2) is 53.7 Å². The van der Waals surface area contributed by atoms with Crippen LogP contribution in [0.5, 0.6) is 0 Å². The Morgan fingerprint density at radius 3 is 2.46 bits per heavy atom. The van der Waals surface area contributed by atoms with Crippen LogP contribution >= 0.6 is 0 Å². The van der Waals surface area contributed by atoms with Crippen molar-refractivity contribution in [2.24, 2.45) is 11.8 Å². The van der Waals surface area contributed by atoms with E-state index in [4.69, 9.17) is 5.11 Å². The topological polar surface area (TPSA) is 89.9 Å². The first-order valence-corrected chi connectivity index (χ1v) is 7.92. The number of halogens is 3. The van der Waals surface area contributed by atoms with Crippen molar-refractivity contribution < 1.29 is 32.7 Å². The summed E-state index contributed by atoms with van der Waals surface area (Å²) >= 11 is 0. The number of β-lactam (4-membered cyclic amide) rings is 1. The number of urea groups is 1. The number of rotatable bonds is 3. The van der Waals surface area contributed by atoms with Crippen molar-refractivity contribution in [3.63, 3.8) is 0 Å². The Kier molecular flexibility index (Phi) is 4.51. The van der Waals surface area contributed by atoms with Gasteiger partial charge in [0.1, 0.15) is 0 Å². The zero-order valence-corrected chi connectivity index (χ0v) is 13.5. The van der Waals surface area contributed by atoms with Crippen molar-refractivity contribution >= 4 is 29.3 Å². The molecule has 0 unspecified atom stereocenters. The molecule has 2 atom stereocenters. The maximum atomic E-state index is 13.0. The number of carboxylic acids is 1. The number of likely N-dealkylation sites (tertiary alicyclic amines) is 1. The summed E-state index contributed by atoms with van der Waals surface area (Å²) in [6.45, 7) is -0.665. The number of carbonyl (C=O) groups is 3. The van der Waals surface area contributed by atoms with E-state index in [-0.39, 0.29) is 5.91 Å². The third-order valence-electron chi connectivity index (χ3n) is 4.60. The average molecular weight is 371 g/mol. The molecule has 2 N–H and O–H groups in total. The van der Waals surface area contributed by atoms with Crippen molar-refractivity contribution in [3.8, 4) is 0 Å². The molecule has 0 spiro atoms. The van der Waals surface area contributed by atoms with Crippen LogP contribution in [0, 0.1) is 11.8 Å². The lowest BCUT2D eigenvalue weighted by molar-refractivity contribution is -0.187. The molecule has 7 nitrogen and oxygen atoms in total. The molecule has 3 amide bonds. The van der Waals surface area contributed by atoms with Crippen LogP contribution in [0.25, 0.3) is 0 Å². The van der Waals surface area contributed by atoms with Crippen molar-refractivity contribution in [1.29, 1.82) is 0 Å². The van der Waals surface area contributed by atoms with E-state index in [1.807, 2.05) is 0 Å². The number of benzene rings is 1. The summed E-state index contributed by atoms with van der Waals surface area (Å²) in [4.78, 5) is 37.2. The SMILES string of the molecule is O=C(O)[C@@H]1CN(C(=O)Nc2cccc(N3CCC3=O)c2)C[C@H]1C(F)(F)F. The maximum Gasteiger partial charge on any atom is 0.394 e. The second-order valence-electron chi connectivity index (χ2n) is 6.27. The van der Waals surface area contributed by atoms with E-state index in [1.165, 1.54) is 11.0 Å². The minimum atomic E-state index is -4.70. The number of hydrogen-bond donors (Lipinski definition) is 2. The van der Waals surface area contributed by atoms with E-state index in [0.717, 1.165) is 4.90 Å². The number of carboxylic acid groups (broad SMARTS) is 1. The van der Waals surface area contributed by atoms with E-state index in [2.05, 4.69) is 5.32 Å². The van der Waals surface area contributed by atoms with Crippen LogP contribution in [0.15, 0.2) is 24.3 Å². The number of hydrogen-bond acceptors (Lipinski definition) is 3. The summed E-state index contributed by atoms with van der Waals surface area (Å²) < 4.78 is 39.0. The van der Waals surface area contributed by atoms with E-state index in [9.17, 15) is 27.6 Å². The molecule has 2 aliphatic rings. The highest BCUT2D eigenvalue weighted by molar-refractivity contribution is 6.00. The Morgan fingerprint density at radius 2 is 1.96 bits per heavy atom. The van der Waals surface area contributed by atoms with Gasteiger partial charge in [0.2, 0.25) is 5.91 Å². The van der Waals surface area contributed by atoms with Crippen molar-refractivity contribution in [2.45, 2.75) is 12.6 Å². The third-order valence-corrected chi connectivity index (χ3v) is 4.60. The molecule has 1 aromatic carbocycles. The first-order chi connectivity index (χ1) is 12.2. The predicted octanol–water partition coefficient (Wildman–Crippen LogP) is 2.15. The van der Waals surface area contributed by atoms with Gasteiger partial charge < -0.3 is 20.2 Å². The molecule has 0 saturated carbocycles. The normalized spacial score (nSPS) is 23.0. The van der Waals surface area contributed by atoms with E-state index < -0.39 is 43.1 Å². The fourth-order valence-corrected chi connectivity index (χ4v) is 3.09. The van der Waals surface area contributed by atoms with Gasteiger partial charge in [-0.15, -0.1) is 0 Å². The molecule has 3 rings (SSSR count). The standard InChI is InChI=1S/C16H16F3N3O4/c17-16(18,19)12-8-21(7-11(12)14(24)25)15(26)20-9-2-1-3-10(6-9)22-5-4-13(22)23/h1-3,6,11-12H,4-5,7-8H2,(H,20,26)(H,24,25)/t11-,12-/m1/s1. The van der Waals surface area contributed by atoms with Gasteiger partial charge in [0.15, 0.2) is 0 Å². The highest BCUT2D eigenvalue weighted by atomic mass is 19.4. The number of nitrogens with one attached hydrogen (secondary N) is 1.